The van der Waals surface area contributed by atoms with E-state index in [0.717, 1.165) is 0 Å². The molecule has 0 aliphatic carbocycles. The van der Waals surface area contributed by atoms with E-state index >= 15 is 0 Å². The molecule has 28 heavy (non-hydrogen) atoms. The van der Waals surface area contributed by atoms with Crippen molar-refractivity contribution in [3.05, 3.63) is 51.3 Å². The van der Waals surface area contributed by atoms with E-state index < -0.39 is 5.82 Å². The van der Waals surface area contributed by atoms with Gasteiger partial charge in [-0.1, -0.05) is 11.6 Å². The number of nitrogens with zero attached hydrogens (tertiary/aromatic N) is 4. The quantitative estimate of drug-likeness (QED) is 0.628. The number of rotatable bonds is 6. The van der Waals surface area contributed by atoms with Crippen molar-refractivity contribution < 1.29 is 9.13 Å². The Morgan fingerprint density at radius 2 is 2.04 bits per heavy atom. The van der Waals surface area contributed by atoms with E-state index in [4.69, 9.17) is 16.3 Å². The Hall–Kier alpha value is -2.51. The fourth-order valence-electron chi connectivity index (χ4n) is 3.03. The van der Waals surface area contributed by atoms with Crippen molar-refractivity contribution >= 4 is 28.3 Å². The number of benzene rings is 1. The molecule has 0 aliphatic heterocycles. The van der Waals surface area contributed by atoms with Gasteiger partial charge in [-0.25, -0.2) is 14.4 Å². The molecule has 0 atom stereocenters. The van der Waals surface area contributed by atoms with Gasteiger partial charge in [0.15, 0.2) is 0 Å². The summed E-state index contributed by atoms with van der Waals surface area (Å²) in [6.07, 6.45) is 0. The molecule has 3 aromatic rings. The van der Waals surface area contributed by atoms with Gasteiger partial charge in [-0.2, -0.15) is 0 Å². The van der Waals surface area contributed by atoms with Crippen LogP contribution < -0.4 is 10.5 Å². The van der Waals surface area contributed by atoms with Crippen LogP contribution in [0.2, 0.25) is 5.02 Å². The Bertz CT molecular complexity index is 1080. The van der Waals surface area contributed by atoms with Crippen LogP contribution in [0.3, 0.4) is 0 Å². The maximum atomic E-state index is 14.7. The number of aromatic nitrogens is 3. The number of likely N-dealkylation sites (N-methyl/N-ethyl adjacent to an activating group) is 1. The summed E-state index contributed by atoms with van der Waals surface area (Å²) in [6, 6.07) is 6.09. The number of hydrogen-bond donors (Lipinski definition) is 0. The third kappa shape index (κ3) is 3.72. The number of pyridine rings is 1. The number of halogens is 2. The summed E-state index contributed by atoms with van der Waals surface area (Å²) >= 11 is 5.90. The Kier molecular flexibility index (Phi) is 5.96. The van der Waals surface area contributed by atoms with E-state index in [1.165, 1.54) is 10.6 Å². The molecule has 0 amide bonds. The van der Waals surface area contributed by atoms with Gasteiger partial charge in [-0.15, -0.1) is 0 Å². The lowest BCUT2D eigenvalue weighted by Gasteiger charge is -2.23. The number of aryl methyl sites for hydroxylation is 1. The highest BCUT2D eigenvalue weighted by Gasteiger charge is 2.19. The molecule has 148 valence electrons. The zero-order valence-corrected chi connectivity index (χ0v) is 17.0. The van der Waals surface area contributed by atoms with Crippen LogP contribution in [-0.2, 0) is 11.8 Å². The van der Waals surface area contributed by atoms with Gasteiger partial charge >= 0.3 is 0 Å². The molecule has 0 saturated carbocycles. The van der Waals surface area contributed by atoms with Crippen molar-refractivity contribution in [1.82, 2.24) is 14.5 Å². The molecule has 0 radical (unpaired) electrons. The smallest absolute Gasteiger partial charge is 0.261 e. The lowest BCUT2D eigenvalue weighted by molar-refractivity contribution is 0.205. The fraction of sp³-hybridized carbons (Fsp3) is 0.350. The average Bonchev–Trinajstić information content (AvgIpc) is 2.67. The molecule has 1 aromatic carbocycles. The molecule has 0 spiro atoms. The highest BCUT2D eigenvalue weighted by molar-refractivity contribution is 6.30. The summed E-state index contributed by atoms with van der Waals surface area (Å²) in [5, 5.41) is 0.676. The van der Waals surface area contributed by atoms with Gasteiger partial charge in [0.05, 0.1) is 12.0 Å². The number of hydrogen-bond acceptors (Lipinski definition) is 5. The first-order chi connectivity index (χ1) is 13.4. The number of anilines is 1. The van der Waals surface area contributed by atoms with Crippen molar-refractivity contribution in [3.8, 4) is 11.3 Å². The Labute approximate surface area is 167 Å². The van der Waals surface area contributed by atoms with E-state index in [1.54, 1.807) is 39.3 Å². The molecule has 0 aliphatic rings. The summed E-state index contributed by atoms with van der Waals surface area (Å²) < 4.78 is 21.3. The highest BCUT2D eigenvalue weighted by atomic mass is 35.5. The largest absolute Gasteiger partial charge is 0.383 e. The van der Waals surface area contributed by atoms with Gasteiger partial charge < -0.3 is 9.64 Å². The molecule has 8 heteroatoms. The van der Waals surface area contributed by atoms with E-state index in [9.17, 15) is 9.18 Å². The predicted octanol–water partition coefficient (Wildman–Crippen LogP) is 3.57. The lowest BCUT2D eigenvalue weighted by atomic mass is 10.1. The standard InChI is InChI=1S/C20H22ClFN4O2/c1-5-26(8-9-28-4)17-11-15-19(23-12(2)25(3)20(15)27)18(24-17)14-7-6-13(21)10-16(14)22/h6-7,10-11H,5,8-9H2,1-4H3. The fourth-order valence-corrected chi connectivity index (χ4v) is 3.19. The Morgan fingerprint density at radius 3 is 2.68 bits per heavy atom. The maximum Gasteiger partial charge on any atom is 0.261 e. The first kappa shape index (κ1) is 20.2. The average molecular weight is 405 g/mol. The van der Waals surface area contributed by atoms with Gasteiger partial charge in [0.1, 0.15) is 28.7 Å². The normalized spacial score (nSPS) is 11.2. The predicted molar refractivity (Wildman–Crippen MR) is 110 cm³/mol. The summed E-state index contributed by atoms with van der Waals surface area (Å²) in [5.74, 6) is 0.576. The van der Waals surface area contributed by atoms with Gasteiger partial charge in [0.25, 0.3) is 5.56 Å². The highest BCUT2D eigenvalue weighted by Crippen LogP contribution is 2.31. The number of methoxy groups -OCH3 is 1. The summed E-state index contributed by atoms with van der Waals surface area (Å²) in [4.78, 5) is 24.1. The van der Waals surface area contributed by atoms with Crippen LogP contribution in [0.1, 0.15) is 12.7 Å². The second kappa shape index (κ2) is 8.24. The third-order valence-electron chi connectivity index (χ3n) is 4.73. The third-order valence-corrected chi connectivity index (χ3v) is 4.97. The Morgan fingerprint density at radius 1 is 1.29 bits per heavy atom. The molecular formula is C20H22ClFN4O2. The van der Waals surface area contributed by atoms with Crippen LogP contribution >= 0.6 is 11.6 Å². The van der Waals surface area contributed by atoms with Gasteiger partial charge in [0.2, 0.25) is 0 Å². The Balaban J connectivity index is 2.35. The zero-order valence-electron chi connectivity index (χ0n) is 16.3. The molecule has 2 aromatic heterocycles. The van der Waals surface area contributed by atoms with Crippen molar-refractivity contribution in [2.75, 3.05) is 31.7 Å². The first-order valence-electron chi connectivity index (χ1n) is 8.95. The molecule has 0 N–H and O–H groups in total. The lowest BCUT2D eigenvalue weighted by Crippen LogP contribution is -2.28. The van der Waals surface area contributed by atoms with E-state index in [1.807, 2.05) is 11.8 Å². The van der Waals surface area contributed by atoms with Gasteiger partial charge in [-0.05, 0) is 38.1 Å². The minimum atomic E-state index is -0.515. The minimum Gasteiger partial charge on any atom is -0.383 e. The second-order valence-electron chi connectivity index (χ2n) is 6.45. The molecule has 0 fully saturated rings. The van der Waals surface area contributed by atoms with Crippen molar-refractivity contribution in [2.45, 2.75) is 13.8 Å². The van der Waals surface area contributed by atoms with Gasteiger partial charge in [0, 0.05) is 37.8 Å². The van der Waals surface area contributed by atoms with Crippen LogP contribution in [0.25, 0.3) is 22.2 Å². The monoisotopic (exact) mass is 404 g/mol. The molecular weight excluding hydrogens is 383 g/mol. The van der Waals surface area contributed by atoms with Crippen molar-refractivity contribution in [2.24, 2.45) is 7.05 Å². The van der Waals surface area contributed by atoms with Crippen LogP contribution in [0.4, 0.5) is 10.2 Å². The molecule has 3 rings (SSSR count). The number of ether oxygens (including phenoxy) is 1. The van der Waals surface area contributed by atoms with E-state index in [2.05, 4.69) is 9.97 Å². The maximum absolute atomic E-state index is 14.7. The molecule has 0 unspecified atom stereocenters. The summed E-state index contributed by atoms with van der Waals surface area (Å²) in [6.45, 7) is 5.46. The van der Waals surface area contributed by atoms with E-state index in [-0.39, 0.29) is 16.1 Å². The SMILES string of the molecule is CCN(CCOC)c1cc2c(=O)n(C)c(C)nc2c(-c2ccc(Cl)cc2F)n1. The summed E-state index contributed by atoms with van der Waals surface area (Å²) in [7, 11) is 3.29. The van der Waals surface area contributed by atoms with Crippen LogP contribution in [0, 0.1) is 12.7 Å². The zero-order chi connectivity index (χ0) is 20.4. The van der Waals surface area contributed by atoms with Crippen molar-refractivity contribution in [3.63, 3.8) is 0 Å². The van der Waals surface area contributed by atoms with Crippen LogP contribution in [0.15, 0.2) is 29.1 Å². The van der Waals surface area contributed by atoms with Crippen molar-refractivity contribution in [1.29, 1.82) is 0 Å². The number of fused-ring (bicyclic) bond motifs is 1. The molecule has 2 heterocycles. The van der Waals surface area contributed by atoms with Gasteiger partial charge in [-0.3, -0.25) is 9.36 Å². The first-order valence-corrected chi connectivity index (χ1v) is 9.32. The molecule has 0 saturated heterocycles. The molecule has 6 nitrogen and oxygen atoms in total. The molecule has 0 bridgehead atoms. The van der Waals surface area contributed by atoms with E-state index in [0.29, 0.717) is 47.9 Å². The minimum absolute atomic E-state index is 0.204. The van der Waals surface area contributed by atoms with Crippen LogP contribution in [0.5, 0.6) is 0 Å². The summed E-state index contributed by atoms with van der Waals surface area (Å²) in [5.41, 5.74) is 0.732. The second-order valence-corrected chi connectivity index (χ2v) is 6.88. The topological polar surface area (TPSA) is 60.2 Å². The van der Waals surface area contributed by atoms with Crippen LogP contribution in [-0.4, -0.2) is 41.3 Å².